The van der Waals surface area contributed by atoms with Gasteiger partial charge in [-0.2, -0.15) is 0 Å². The summed E-state index contributed by atoms with van der Waals surface area (Å²) >= 11 is 4.42. The molecule has 0 saturated heterocycles. The number of rotatable bonds is 7. The molecule has 12 heteroatoms. The Kier molecular flexibility index (Phi) is 7.17. The minimum Gasteiger partial charge on any atom is -0.428 e. The summed E-state index contributed by atoms with van der Waals surface area (Å²) in [5.74, 6) is 1.14. The molecule has 22 heavy (non-hydrogen) atoms. The minimum atomic E-state index is -4.12. The van der Waals surface area contributed by atoms with Crippen molar-refractivity contribution in [2.75, 3.05) is 11.5 Å². The minimum absolute atomic E-state index is 0.129. The van der Waals surface area contributed by atoms with Gasteiger partial charge in [-0.25, -0.2) is 4.31 Å². The predicted molar refractivity (Wildman–Crippen MR) is 91.1 cm³/mol. The molecule has 0 radical (unpaired) electrons. The van der Waals surface area contributed by atoms with Crippen molar-refractivity contribution in [2.24, 2.45) is 0 Å². The van der Waals surface area contributed by atoms with Gasteiger partial charge < -0.3 is 19.2 Å². The first-order valence-electron chi connectivity index (χ1n) is 6.12. The Morgan fingerprint density at radius 1 is 1.23 bits per heavy atom. The average molecular weight is 389 g/mol. The van der Waals surface area contributed by atoms with E-state index in [1.54, 1.807) is 13.8 Å². The van der Waals surface area contributed by atoms with E-state index in [-0.39, 0.29) is 11.4 Å². The van der Waals surface area contributed by atoms with Crippen LogP contribution in [-0.2, 0) is 26.2 Å². The van der Waals surface area contributed by atoms with Crippen LogP contribution in [0.25, 0.3) is 0 Å². The van der Waals surface area contributed by atoms with Crippen LogP contribution < -0.4 is 4.52 Å². The first-order valence-corrected chi connectivity index (χ1v) is 12.5. The molecule has 0 aliphatic heterocycles. The van der Waals surface area contributed by atoms with E-state index in [9.17, 15) is 24.8 Å². The summed E-state index contributed by atoms with van der Waals surface area (Å²) in [6.07, 6.45) is 0. The third-order valence-electron chi connectivity index (χ3n) is 2.47. The van der Waals surface area contributed by atoms with Gasteiger partial charge in [0.1, 0.15) is 5.75 Å². The van der Waals surface area contributed by atoms with Crippen LogP contribution in [0.15, 0.2) is 24.3 Å². The highest BCUT2D eigenvalue weighted by Crippen LogP contribution is 2.60. The molecule has 0 bridgehead atoms. The SMILES string of the molecule is CCS(CC)=P(O)(Oc1ccc([N+](=O)[O-])cc1)OP(O)(O)=S. The number of benzene rings is 1. The van der Waals surface area contributed by atoms with Crippen LogP contribution in [0, 0.1) is 10.1 Å². The molecule has 0 aliphatic rings. The fourth-order valence-electron chi connectivity index (χ4n) is 1.54. The van der Waals surface area contributed by atoms with Gasteiger partial charge in [0.2, 0.25) is 0 Å². The first kappa shape index (κ1) is 19.7. The Morgan fingerprint density at radius 3 is 2.09 bits per heavy atom. The fraction of sp³-hybridized carbons (Fsp3) is 0.400. The summed E-state index contributed by atoms with van der Waals surface area (Å²) in [5, 5.41) is 10.6. The van der Waals surface area contributed by atoms with Gasteiger partial charge in [0.25, 0.3) is 5.69 Å². The molecule has 0 saturated carbocycles. The van der Waals surface area contributed by atoms with Crippen LogP contribution in [-0.4, -0.2) is 31.1 Å². The molecule has 0 spiro atoms. The maximum atomic E-state index is 10.6. The Morgan fingerprint density at radius 2 is 1.73 bits per heavy atom. The highest BCUT2D eigenvalue weighted by molar-refractivity contribution is 8.29. The van der Waals surface area contributed by atoms with E-state index in [1.165, 1.54) is 24.3 Å². The molecule has 0 amide bonds. The Bertz CT molecular complexity index is 637. The zero-order chi connectivity index (χ0) is 17.0. The van der Waals surface area contributed by atoms with Gasteiger partial charge in [0.15, 0.2) is 0 Å². The number of non-ortho nitro benzene ring substituents is 1. The monoisotopic (exact) mass is 389 g/mol. The zero-order valence-corrected chi connectivity index (χ0v) is 15.3. The number of nitro benzene ring substituents is 1. The zero-order valence-electron chi connectivity index (χ0n) is 11.9. The third kappa shape index (κ3) is 5.72. The number of nitro groups is 1. The molecule has 1 aromatic carbocycles. The van der Waals surface area contributed by atoms with E-state index >= 15 is 0 Å². The van der Waals surface area contributed by atoms with Gasteiger partial charge in [0.05, 0.1) is 4.92 Å². The second-order valence-corrected chi connectivity index (χ2v) is 13.1. The molecule has 126 valence electrons. The smallest absolute Gasteiger partial charge is 0.342 e. The van der Waals surface area contributed by atoms with Crippen molar-refractivity contribution < 1.29 is 28.4 Å². The van der Waals surface area contributed by atoms with E-state index in [0.29, 0.717) is 11.5 Å². The van der Waals surface area contributed by atoms with Crippen molar-refractivity contribution in [1.82, 2.24) is 0 Å². The predicted octanol–water partition coefficient (Wildman–Crippen LogP) is 2.53. The van der Waals surface area contributed by atoms with Crippen molar-refractivity contribution in [3.05, 3.63) is 34.4 Å². The molecule has 1 unspecified atom stereocenters. The average Bonchev–Trinajstić information content (AvgIpc) is 2.38. The van der Waals surface area contributed by atoms with Crippen molar-refractivity contribution in [2.45, 2.75) is 13.8 Å². The molecule has 1 aromatic rings. The standard InChI is InChI=1S/C10H17NO7P2S2/c1-3-22(4-2)20(16,18-19(14,15)21)17-10-7-5-9(6-8-10)11(12)13/h5-8,16H,3-4H2,1-2H3,(H2,14,15,21). The lowest BCUT2D eigenvalue weighted by Gasteiger charge is -2.25. The molecule has 0 aromatic heterocycles. The molecule has 3 N–H and O–H groups in total. The van der Waals surface area contributed by atoms with Gasteiger partial charge >= 0.3 is 13.4 Å². The Balaban J connectivity index is 3.22. The van der Waals surface area contributed by atoms with Crippen molar-refractivity contribution >= 4 is 41.0 Å². The van der Waals surface area contributed by atoms with Crippen molar-refractivity contribution in [3.8, 4) is 5.75 Å². The van der Waals surface area contributed by atoms with Crippen LogP contribution in [0.5, 0.6) is 5.75 Å². The summed E-state index contributed by atoms with van der Waals surface area (Å²) in [6, 6.07) is 5.03. The third-order valence-corrected chi connectivity index (χ3v) is 11.5. The van der Waals surface area contributed by atoms with Gasteiger partial charge in [-0.1, -0.05) is 13.8 Å². The summed E-state index contributed by atoms with van der Waals surface area (Å²) < 4.78 is 10.3. The first-order chi connectivity index (χ1) is 10.1. The second-order valence-electron chi connectivity index (χ2n) is 3.92. The van der Waals surface area contributed by atoms with Crippen LogP contribution in [0.2, 0.25) is 0 Å². The quantitative estimate of drug-likeness (QED) is 0.369. The maximum Gasteiger partial charge on any atom is 0.342 e. The lowest BCUT2D eigenvalue weighted by atomic mass is 10.3. The summed E-state index contributed by atoms with van der Waals surface area (Å²) in [7, 11) is -0.773. The molecule has 0 aliphatic carbocycles. The van der Waals surface area contributed by atoms with Gasteiger partial charge in [0, 0.05) is 12.1 Å². The van der Waals surface area contributed by atoms with E-state index in [0.717, 1.165) is 0 Å². The van der Waals surface area contributed by atoms with E-state index in [1.807, 2.05) is 0 Å². The van der Waals surface area contributed by atoms with Gasteiger partial charge in [-0.3, -0.25) is 10.1 Å². The van der Waals surface area contributed by atoms with Gasteiger partial charge in [-0.15, -0.1) is 10.1 Å². The molecular weight excluding hydrogens is 372 g/mol. The fourth-order valence-corrected chi connectivity index (χ4v) is 10.1. The van der Waals surface area contributed by atoms with E-state index < -0.39 is 28.4 Å². The lowest BCUT2D eigenvalue weighted by molar-refractivity contribution is -0.384. The molecule has 0 fully saturated rings. The highest BCUT2D eigenvalue weighted by Gasteiger charge is 2.29. The molecule has 0 heterocycles. The highest BCUT2D eigenvalue weighted by atomic mass is 32.5. The maximum absolute atomic E-state index is 10.6. The number of hydrogen-bond acceptors (Lipinski definition) is 5. The molecular formula is C10H17NO7P2S2. The number of hydrogen-bond donors (Lipinski definition) is 3. The summed E-state index contributed by atoms with van der Waals surface area (Å²) in [6.45, 7) is -4.17. The molecule has 8 nitrogen and oxygen atoms in total. The summed E-state index contributed by atoms with van der Waals surface area (Å²) in [4.78, 5) is 39.4. The molecule has 1 rings (SSSR count). The van der Waals surface area contributed by atoms with Crippen LogP contribution >= 0.6 is 13.4 Å². The Hall–Kier alpha value is -0.310. The number of nitrogens with zero attached hydrogens (tertiary/aromatic N) is 1. The summed E-state index contributed by atoms with van der Waals surface area (Å²) in [5.41, 5.74) is -0.130. The van der Waals surface area contributed by atoms with Crippen LogP contribution in [0.4, 0.5) is 5.69 Å². The van der Waals surface area contributed by atoms with E-state index in [2.05, 4.69) is 11.8 Å². The molecule has 1 atom stereocenters. The van der Waals surface area contributed by atoms with Crippen molar-refractivity contribution in [3.63, 3.8) is 0 Å². The second kappa shape index (κ2) is 7.99. The normalized spacial score (nSPS) is 14.6. The largest absolute Gasteiger partial charge is 0.428 e. The topological polar surface area (TPSA) is 122 Å². The van der Waals surface area contributed by atoms with E-state index in [4.69, 9.17) is 8.83 Å². The van der Waals surface area contributed by atoms with Crippen LogP contribution in [0.3, 0.4) is 0 Å². The van der Waals surface area contributed by atoms with Crippen LogP contribution in [0.1, 0.15) is 13.8 Å². The Labute approximate surface area is 135 Å². The lowest BCUT2D eigenvalue weighted by Crippen LogP contribution is -2.07. The van der Waals surface area contributed by atoms with Crippen molar-refractivity contribution in [1.29, 1.82) is 0 Å². The van der Waals surface area contributed by atoms with Gasteiger partial charge in [-0.05, 0) is 35.4 Å².